The first-order valence-electron chi connectivity index (χ1n) is 6.43. The lowest BCUT2D eigenvalue weighted by Crippen LogP contribution is -2.03. The molecular weight excluding hydrogens is 296 g/mol. The van der Waals surface area contributed by atoms with E-state index in [1.807, 2.05) is 0 Å². The number of fused-ring (bicyclic) bond motifs is 1. The van der Waals surface area contributed by atoms with Crippen LogP contribution in [0.2, 0.25) is 5.15 Å². The van der Waals surface area contributed by atoms with Gasteiger partial charge in [0, 0.05) is 16.5 Å². The molecule has 0 saturated heterocycles. The van der Waals surface area contributed by atoms with E-state index in [0.29, 0.717) is 16.5 Å². The van der Waals surface area contributed by atoms with Crippen LogP contribution in [-0.2, 0) is 13.2 Å². The number of nitrogens with zero attached hydrogens (tertiary/aromatic N) is 1. The van der Waals surface area contributed by atoms with Gasteiger partial charge >= 0.3 is 0 Å². The standard InChI is InChI=1S/C16H12ClF2NO/c17-16-12(9-21)11-5-3-7-14(19)15(11)20(16)8-10-4-1-2-6-13(10)18/h1-7,21H,8-9H2. The monoisotopic (exact) mass is 307 g/mol. The van der Waals surface area contributed by atoms with Crippen LogP contribution in [0, 0.1) is 11.6 Å². The van der Waals surface area contributed by atoms with Gasteiger partial charge in [0.1, 0.15) is 16.8 Å². The first kappa shape index (κ1) is 14.0. The minimum Gasteiger partial charge on any atom is -0.392 e. The summed E-state index contributed by atoms with van der Waals surface area (Å²) in [5.41, 5.74) is 1.13. The molecule has 1 N–H and O–H groups in total. The van der Waals surface area contributed by atoms with E-state index in [1.165, 1.54) is 16.7 Å². The molecule has 21 heavy (non-hydrogen) atoms. The van der Waals surface area contributed by atoms with E-state index in [4.69, 9.17) is 11.6 Å². The van der Waals surface area contributed by atoms with Crippen molar-refractivity contribution < 1.29 is 13.9 Å². The summed E-state index contributed by atoms with van der Waals surface area (Å²) in [6, 6.07) is 10.8. The highest BCUT2D eigenvalue weighted by molar-refractivity contribution is 6.32. The number of hydrogen-bond donors (Lipinski definition) is 1. The lowest BCUT2D eigenvalue weighted by atomic mass is 10.2. The number of aliphatic hydroxyl groups is 1. The fraction of sp³-hybridized carbons (Fsp3) is 0.125. The molecule has 0 amide bonds. The van der Waals surface area contributed by atoms with E-state index < -0.39 is 5.82 Å². The Hall–Kier alpha value is -1.91. The minimum atomic E-state index is -0.453. The minimum absolute atomic E-state index is 0.100. The van der Waals surface area contributed by atoms with Crippen LogP contribution in [-0.4, -0.2) is 9.67 Å². The Morgan fingerprint density at radius 3 is 2.43 bits per heavy atom. The zero-order valence-electron chi connectivity index (χ0n) is 11.0. The molecule has 3 aromatic rings. The average Bonchev–Trinajstić information content (AvgIpc) is 2.75. The molecule has 108 valence electrons. The molecule has 0 spiro atoms. The van der Waals surface area contributed by atoms with E-state index in [0.717, 1.165) is 0 Å². The number of para-hydroxylation sites is 1. The van der Waals surface area contributed by atoms with Crippen LogP contribution >= 0.6 is 11.6 Å². The molecule has 0 aliphatic rings. The first-order chi connectivity index (χ1) is 10.1. The van der Waals surface area contributed by atoms with Crippen molar-refractivity contribution >= 4 is 22.5 Å². The van der Waals surface area contributed by atoms with Gasteiger partial charge in [-0.15, -0.1) is 0 Å². The van der Waals surface area contributed by atoms with Crippen molar-refractivity contribution in [2.45, 2.75) is 13.2 Å². The molecule has 2 nitrogen and oxygen atoms in total. The lowest BCUT2D eigenvalue weighted by molar-refractivity contribution is 0.283. The third-order valence-corrected chi connectivity index (χ3v) is 3.94. The van der Waals surface area contributed by atoms with Crippen molar-refractivity contribution in [3.05, 3.63) is 70.4 Å². The lowest BCUT2D eigenvalue weighted by Gasteiger charge is -2.09. The second-order valence-electron chi connectivity index (χ2n) is 4.74. The molecular formula is C16H12ClF2NO. The average molecular weight is 308 g/mol. The summed E-state index contributed by atoms with van der Waals surface area (Å²) < 4.78 is 29.4. The molecule has 0 bridgehead atoms. The molecule has 1 aromatic heterocycles. The Labute approximate surface area is 125 Å². The highest BCUT2D eigenvalue weighted by Crippen LogP contribution is 2.32. The van der Waals surface area contributed by atoms with Crippen LogP contribution in [0.3, 0.4) is 0 Å². The molecule has 0 fully saturated rings. The van der Waals surface area contributed by atoms with E-state index >= 15 is 0 Å². The first-order valence-corrected chi connectivity index (χ1v) is 6.80. The summed E-state index contributed by atoms with van der Waals surface area (Å²) in [4.78, 5) is 0. The fourth-order valence-electron chi connectivity index (χ4n) is 2.50. The molecule has 1 heterocycles. The molecule has 0 aliphatic heterocycles. The smallest absolute Gasteiger partial charge is 0.147 e. The summed E-state index contributed by atoms with van der Waals surface area (Å²) in [6.45, 7) is -0.202. The van der Waals surface area contributed by atoms with Crippen molar-refractivity contribution in [2.75, 3.05) is 0 Å². The molecule has 0 unspecified atom stereocenters. The topological polar surface area (TPSA) is 25.2 Å². The van der Waals surface area contributed by atoms with E-state index in [1.54, 1.807) is 30.3 Å². The van der Waals surface area contributed by atoms with Gasteiger partial charge in [0.15, 0.2) is 0 Å². The van der Waals surface area contributed by atoms with Gasteiger partial charge in [0.2, 0.25) is 0 Å². The maximum atomic E-state index is 14.1. The predicted molar refractivity (Wildman–Crippen MR) is 78.3 cm³/mol. The summed E-state index contributed by atoms with van der Waals surface area (Å²) in [7, 11) is 0. The van der Waals surface area contributed by atoms with Crippen LogP contribution in [0.4, 0.5) is 8.78 Å². The summed E-state index contributed by atoms with van der Waals surface area (Å²) in [5.74, 6) is -0.831. The number of halogens is 3. The van der Waals surface area contributed by atoms with Gasteiger partial charge in [0.25, 0.3) is 0 Å². The number of rotatable bonds is 3. The van der Waals surface area contributed by atoms with Gasteiger partial charge < -0.3 is 9.67 Å². The van der Waals surface area contributed by atoms with Gasteiger partial charge in [-0.2, -0.15) is 0 Å². The largest absolute Gasteiger partial charge is 0.392 e. The van der Waals surface area contributed by atoms with Gasteiger partial charge in [-0.05, 0) is 12.1 Å². The maximum absolute atomic E-state index is 14.1. The molecule has 5 heteroatoms. The van der Waals surface area contributed by atoms with Gasteiger partial charge in [-0.25, -0.2) is 8.78 Å². The van der Waals surface area contributed by atoms with Crippen LogP contribution in [0.5, 0.6) is 0 Å². The molecule has 0 saturated carbocycles. The Morgan fingerprint density at radius 2 is 1.71 bits per heavy atom. The third kappa shape index (κ3) is 2.30. The molecule has 0 aliphatic carbocycles. The highest BCUT2D eigenvalue weighted by atomic mass is 35.5. The van der Waals surface area contributed by atoms with Crippen LogP contribution < -0.4 is 0 Å². The maximum Gasteiger partial charge on any atom is 0.147 e. The molecule has 0 atom stereocenters. The number of hydrogen-bond acceptors (Lipinski definition) is 1. The quantitative estimate of drug-likeness (QED) is 0.774. The Bertz CT molecular complexity index is 813. The van der Waals surface area contributed by atoms with E-state index in [9.17, 15) is 13.9 Å². The Kier molecular flexibility index (Phi) is 3.66. The fourth-order valence-corrected chi connectivity index (χ4v) is 2.81. The predicted octanol–water partition coefficient (Wildman–Crippen LogP) is 4.11. The molecule has 0 radical (unpaired) electrons. The van der Waals surface area contributed by atoms with E-state index in [2.05, 4.69) is 0 Å². The van der Waals surface area contributed by atoms with Crippen molar-refractivity contribution in [1.82, 2.24) is 4.57 Å². The zero-order valence-corrected chi connectivity index (χ0v) is 11.7. The van der Waals surface area contributed by atoms with Crippen molar-refractivity contribution in [1.29, 1.82) is 0 Å². The van der Waals surface area contributed by atoms with Crippen molar-refractivity contribution in [2.24, 2.45) is 0 Å². The summed E-state index contributed by atoms with van der Waals surface area (Å²) in [5, 5.41) is 10.2. The van der Waals surface area contributed by atoms with E-state index in [-0.39, 0.29) is 29.6 Å². The molecule has 3 rings (SSSR count). The molecule has 2 aromatic carbocycles. The van der Waals surface area contributed by atoms with Gasteiger partial charge in [0.05, 0.1) is 18.7 Å². The van der Waals surface area contributed by atoms with Gasteiger partial charge in [-0.1, -0.05) is 41.9 Å². The Balaban J connectivity index is 2.23. The van der Waals surface area contributed by atoms with Crippen LogP contribution in [0.15, 0.2) is 42.5 Å². The van der Waals surface area contributed by atoms with Crippen molar-refractivity contribution in [3.63, 3.8) is 0 Å². The van der Waals surface area contributed by atoms with Crippen LogP contribution in [0.25, 0.3) is 10.9 Å². The third-order valence-electron chi connectivity index (χ3n) is 3.51. The van der Waals surface area contributed by atoms with Crippen molar-refractivity contribution in [3.8, 4) is 0 Å². The normalized spacial score (nSPS) is 11.2. The number of benzene rings is 2. The number of aromatic nitrogens is 1. The number of aliphatic hydroxyl groups excluding tert-OH is 1. The SMILES string of the molecule is OCc1c(Cl)n(Cc2ccccc2F)c2c(F)cccc12. The van der Waals surface area contributed by atoms with Crippen LogP contribution in [0.1, 0.15) is 11.1 Å². The second kappa shape index (κ2) is 5.47. The zero-order chi connectivity index (χ0) is 15.0. The summed E-state index contributed by atoms with van der Waals surface area (Å²) >= 11 is 6.24. The summed E-state index contributed by atoms with van der Waals surface area (Å²) in [6.07, 6.45) is 0. The van der Waals surface area contributed by atoms with Gasteiger partial charge in [-0.3, -0.25) is 0 Å². The second-order valence-corrected chi connectivity index (χ2v) is 5.10. The highest BCUT2D eigenvalue weighted by Gasteiger charge is 2.18. The Morgan fingerprint density at radius 1 is 1.00 bits per heavy atom.